The fraction of sp³-hybridized carbons (Fsp3) is 0.118. The lowest BCUT2D eigenvalue weighted by atomic mass is 9.83. The number of fused-ring (bicyclic) bond motifs is 3. The SMILES string of the molecule is O=c1/c(=C/c2ccccc2OCc2ccccc2)sc2n1[C@@H](c1ccc(Cl)cc1Cl)C1=C(N=2)c2ccccc2CC1. The van der Waals surface area contributed by atoms with Crippen molar-refractivity contribution in [3.05, 3.63) is 160 Å². The molecule has 7 rings (SSSR count). The van der Waals surface area contributed by atoms with E-state index >= 15 is 0 Å². The molecular weight excluding hydrogens is 571 g/mol. The van der Waals surface area contributed by atoms with Gasteiger partial charge in [-0.15, -0.1) is 0 Å². The van der Waals surface area contributed by atoms with Crippen LogP contribution in [0, 0.1) is 0 Å². The summed E-state index contributed by atoms with van der Waals surface area (Å²) in [5.74, 6) is 0.715. The standard InChI is InChI=1S/C34H24Cl2N2O2S/c35-24-15-17-26(28(36)19-24)32-27-16-14-22-10-4-6-12-25(22)31(27)37-34-38(32)33(39)30(41-34)18-23-11-5-7-13-29(23)40-20-21-8-2-1-3-9-21/h1-13,15,17-19,32H,14,16,20H2/b30-18-/t32-/m0/s1. The second kappa shape index (κ2) is 10.8. The lowest BCUT2D eigenvalue weighted by Gasteiger charge is -2.31. The number of aromatic nitrogens is 1. The smallest absolute Gasteiger partial charge is 0.271 e. The molecule has 41 heavy (non-hydrogen) atoms. The molecule has 1 atom stereocenters. The van der Waals surface area contributed by atoms with Gasteiger partial charge in [0.05, 0.1) is 16.3 Å². The maximum atomic E-state index is 14.1. The fourth-order valence-electron chi connectivity index (χ4n) is 5.63. The van der Waals surface area contributed by atoms with Crippen LogP contribution in [0.15, 0.2) is 112 Å². The molecule has 0 bridgehead atoms. The summed E-state index contributed by atoms with van der Waals surface area (Å²) in [6.45, 7) is 0.439. The van der Waals surface area contributed by atoms with Crippen molar-refractivity contribution in [2.75, 3.05) is 0 Å². The molecule has 1 aliphatic carbocycles. The first-order valence-corrected chi connectivity index (χ1v) is 15.0. The number of ether oxygens (including phenoxy) is 1. The van der Waals surface area contributed by atoms with Crippen molar-refractivity contribution in [2.45, 2.75) is 25.5 Å². The zero-order valence-electron chi connectivity index (χ0n) is 21.9. The topological polar surface area (TPSA) is 43.6 Å². The summed E-state index contributed by atoms with van der Waals surface area (Å²) in [6.07, 6.45) is 3.57. The predicted molar refractivity (Wildman–Crippen MR) is 166 cm³/mol. The molecule has 0 fully saturated rings. The summed E-state index contributed by atoms with van der Waals surface area (Å²) in [5.41, 5.74) is 7.06. The van der Waals surface area contributed by atoms with Crippen molar-refractivity contribution in [1.29, 1.82) is 0 Å². The number of thiazole rings is 1. The van der Waals surface area contributed by atoms with Gasteiger partial charge in [-0.1, -0.05) is 113 Å². The number of nitrogens with zero attached hydrogens (tertiary/aromatic N) is 2. The summed E-state index contributed by atoms with van der Waals surface area (Å²) in [5, 5.41) is 1.09. The Morgan fingerprint density at radius 2 is 1.71 bits per heavy atom. The van der Waals surface area contributed by atoms with Gasteiger partial charge >= 0.3 is 0 Å². The first-order valence-electron chi connectivity index (χ1n) is 13.4. The van der Waals surface area contributed by atoms with Crippen LogP contribution in [-0.4, -0.2) is 4.57 Å². The largest absolute Gasteiger partial charge is 0.488 e. The van der Waals surface area contributed by atoms with E-state index < -0.39 is 0 Å². The van der Waals surface area contributed by atoms with Gasteiger partial charge in [0.15, 0.2) is 4.80 Å². The predicted octanol–water partition coefficient (Wildman–Crippen LogP) is 7.20. The second-order valence-electron chi connectivity index (χ2n) is 10.1. The molecule has 0 N–H and O–H groups in total. The van der Waals surface area contributed by atoms with Crippen molar-refractivity contribution in [1.82, 2.24) is 4.57 Å². The van der Waals surface area contributed by atoms with E-state index in [2.05, 4.69) is 18.2 Å². The summed E-state index contributed by atoms with van der Waals surface area (Å²) in [4.78, 5) is 19.9. The van der Waals surface area contributed by atoms with Gasteiger partial charge < -0.3 is 4.74 Å². The Morgan fingerprint density at radius 1 is 0.927 bits per heavy atom. The minimum absolute atomic E-state index is 0.104. The monoisotopic (exact) mass is 594 g/mol. The van der Waals surface area contributed by atoms with Gasteiger partial charge in [-0.2, -0.15) is 0 Å². The maximum Gasteiger partial charge on any atom is 0.271 e. The van der Waals surface area contributed by atoms with Crippen LogP contribution < -0.4 is 19.6 Å². The normalized spacial score (nSPS) is 16.0. The zero-order valence-corrected chi connectivity index (χ0v) is 24.2. The molecule has 0 amide bonds. The quantitative estimate of drug-likeness (QED) is 0.216. The zero-order chi connectivity index (χ0) is 27.9. The summed E-state index contributed by atoms with van der Waals surface area (Å²) in [7, 11) is 0. The Kier molecular flexibility index (Phi) is 6.87. The number of rotatable bonds is 5. The Labute approximate surface area is 251 Å². The molecule has 5 aromatic rings. The highest BCUT2D eigenvalue weighted by Gasteiger charge is 2.33. The summed E-state index contributed by atoms with van der Waals surface area (Å²) < 4.78 is 8.56. The van der Waals surface area contributed by atoms with Gasteiger partial charge in [0.1, 0.15) is 12.4 Å². The Hall–Kier alpha value is -3.90. The van der Waals surface area contributed by atoms with Gasteiger partial charge in [-0.3, -0.25) is 9.36 Å². The molecule has 2 heterocycles. The molecule has 0 unspecified atom stereocenters. The van der Waals surface area contributed by atoms with Crippen molar-refractivity contribution in [2.24, 2.45) is 4.99 Å². The van der Waals surface area contributed by atoms with E-state index in [0.717, 1.165) is 46.4 Å². The summed E-state index contributed by atoms with van der Waals surface area (Å²) >= 11 is 14.4. The fourth-order valence-corrected chi connectivity index (χ4v) is 7.13. The molecule has 2 aliphatic rings. The third-order valence-electron chi connectivity index (χ3n) is 7.57. The molecule has 7 heteroatoms. The molecule has 4 nitrogen and oxygen atoms in total. The van der Waals surface area contributed by atoms with Crippen LogP contribution in [0.4, 0.5) is 0 Å². The van der Waals surface area contributed by atoms with E-state index in [4.69, 9.17) is 32.9 Å². The van der Waals surface area contributed by atoms with Crippen LogP contribution in [-0.2, 0) is 13.0 Å². The van der Waals surface area contributed by atoms with E-state index in [9.17, 15) is 4.79 Å². The molecule has 0 saturated carbocycles. The van der Waals surface area contributed by atoms with E-state index in [1.165, 1.54) is 16.9 Å². The first kappa shape index (κ1) is 26.0. The first-order chi connectivity index (χ1) is 20.1. The third kappa shape index (κ3) is 4.84. The van der Waals surface area contributed by atoms with Crippen molar-refractivity contribution >= 4 is 46.3 Å². The minimum Gasteiger partial charge on any atom is -0.488 e. The molecule has 4 aromatic carbocycles. The van der Waals surface area contributed by atoms with Crippen LogP contribution in [0.5, 0.6) is 5.75 Å². The van der Waals surface area contributed by atoms with Crippen molar-refractivity contribution in [3.8, 4) is 5.75 Å². The van der Waals surface area contributed by atoms with Crippen LogP contribution >= 0.6 is 34.5 Å². The van der Waals surface area contributed by atoms with Gasteiger partial charge in [0, 0.05) is 21.2 Å². The van der Waals surface area contributed by atoms with E-state index in [1.807, 2.05) is 78.9 Å². The molecule has 0 spiro atoms. The minimum atomic E-state index is -0.369. The van der Waals surface area contributed by atoms with Crippen molar-refractivity contribution in [3.63, 3.8) is 0 Å². The third-order valence-corrected chi connectivity index (χ3v) is 9.12. The van der Waals surface area contributed by atoms with Gasteiger partial charge in [-0.05, 0) is 59.4 Å². The highest BCUT2D eigenvalue weighted by Crippen LogP contribution is 2.43. The number of benzene rings is 4. The maximum absolute atomic E-state index is 14.1. The van der Waals surface area contributed by atoms with Gasteiger partial charge in [0.2, 0.25) is 0 Å². The van der Waals surface area contributed by atoms with E-state index in [1.54, 1.807) is 10.6 Å². The number of halogens is 2. The highest BCUT2D eigenvalue weighted by molar-refractivity contribution is 7.07. The van der Waals surface area contributed by atoms with Crippen LogP contribution in [0.3, 0.4) is 0 Å². The lowest BCUT2D eigenvalue weighted by Crippen LogP contribution is -2.38. The molecule has 0 radical (unpaired) electrons. The van der Waals surface area contributed by atoms with Gasteiger partial charge in [0.25, 0.3) is 5.56 Å². The Balaban J connectivity index is 1.39. The average molecular weight is 596 g/mol. The Bertz CT molecular complexity index is 2010. The number of hydrogen-bond donors (Lipinski definition) is 0. The van der Waals surface area contributed by atoms with Crippen LogP contribution in [0.1, 0.15) is 40.3 Å². The second-order valence-corrected chi connectivity index (χ2v) is 11.9. The molecular formula is C34H24Cl2N2O2S. The number of para-hydroxylation sites is 1. The van der Waals surface area contributed by atoms with E-state index in [0.29, 0.717) is 31.7 Å². The molecule has 1 aliphatic heterocycles. The molecule has 202 valence electrons. The number of allylic oxidation sites excluding steroid dienone is 1. The molecule has 1 aromatic heterocycles. The van der Waals surface area contributed by atoms with Crippen molar-refractivity contribution < 1.29 is 4.74 Å². The average Bonchev–Trinajstić information content (AvgIpc) is 3.30. The molecule has 0 saturated heterocycles. The van der Waals surface area contributed by atoms with Gasteiger partial charge in [-0.25, -0.2) is 4.99 Å². The lowest BCUT2D eigenvalue weighted by molar-refractivity contribution is 0.305. The van der Waals surface area contributed by atoms with Crippen LogP contribution in [0.2, 0.25) is 10.0 Å². The number of aryl methyl sites for hydroxylation is 1. The van der Waals surface area contributed by atoms with E-state index in [-0.39, 0.29) is 11.6 Å². The van der Waals surface area contributed by atoms with Crippen LogP contribution in [0.25, 0.3) is 11.8 Å². The summed E-state index contributed by atoms with van der Waals surface area (Å²) in [6, 6.07) is 31.3. The highest BCUT2D eigenvalue weighted by atomic mass is 35.5. The number of hydrogen-bond acceptors (Lipinski definition) is 4. The Morgan fingerprint density at radius 3 is 2.56 bits per heavy atom.